The number of aliphatic carboxylic acids is 1. The third kappa shape index (κ3) is 3.61. The molecule has 6 nitrogen and oxygen atoms in total. The number of aliphatic hydroxyl groups is 1. The predicted octanol–water partition coefficient (Wildman–Crippen LogP) is 0.678. The number of carbonyl (C=O) groups is 1. The number of rotatable bonds is 5. The summed E-state index contributed by atoms with van der Waals surface area (Å²) in [6.07, 6.45) is 2.57. The van der Waals surface area contributed by atoms with E-state index in [9.17, 15) is 18.3 Å². The zero-order valence-corrected chi connectivity index (χ0v) is 12.6. The lowest BCUT2D eigenvalue weighted by atomic mass is 9.92. The van der Waals surface area contributed by atoms with Crippen LogP contribution in [-0.4, -0.2) is 36.7 Å². The highest BCUT2D eigenvalue weighted by Gasteiger charge is 2.29. The van der Waals surface area contributed by atoms with Crippen LogP contribution in [0.2, 0.25) is 0 Å². The summed E-state index contributed by atoms with van der Waals surface area (Å²) in [6.45, 7) is 1.23. The Hall–Kier alpha value is -1.44. The van der Waals surface area contributed by atoms with Crippen molar-refractivity contribution in [2.45, 2.75) is 49.6 Å². The predicted molar refractivity (Wildman–Crippen MR) is 76.5 cm³/mol. The summed E-state index contributed by atoms with van der Waals surface area (Å²) < 4.78 is 26.5. The van der Waals surface area contributed by atoms with E-state index in [4.69, 9.17) is 5.11 Å². The lowest BCUT2D eigenvalue weighted by Crippen LogP contribution is -2.47. The van der Waals surface area contributed by atoms with E-state index in [2.05, 4.69) is 0 Å². The van der Waals surface area contributed by atoms with Crippen molar-refractivity contribution in [2.75, 3.05) is 0 Å². The lowest BCUT2D eigenvalue weighted by molar-refractivity contribution is -0.141. The van der Waals surface area contributed by atoms with Crippen LogP contribution in [0.4, 0.5) is 0 Å². The molecule has 0 amide bonds. The van der Waals surface area contributed by atoms with Crippen molar-refractivity contribution in [1.82, 2.24) is 4.72 Å². The third-order valence-corrected chi connectivity index (χ3v) is 5.10. The molecule has 21 heavy (non-hydrogen) atoms. The molecule has 0 aliphatic heterocycles. The molecule has 0 unspecified atom stereocenters. The number of nitrogens with one attached hydrogen (secondary N) is 1. The molecule has 0 saturated heterocycles. The molecule has 3 N–H and O–H groups in total. The van der Waals surface area contributed by atoms with E-state index in [0.717, 1.165) is 36.8 Å². The fraction of sp³-hybridized carbons (Fsp3) is 0.500. The summed E-state index contributed by atoms with van der Waals surface area (Å²) in [6, 6.07) is 3.29. The Morgan fingerprint density at radius 2 is 1.86 bits per heavy atom. The van der Waals surface area contributed by atoms with Gasteiger partial charge >= 0.3 is 5.97 Å². The third-order valence-electron chi connectivity index (χ3n) is 3.66. The lowest BCUT2D eigenvalue weighted by Gasteiger charge is -2.19. The summed E-state index contributed by atoms with van der Waals surface area (Å²) >= 11 is 0. The van der Waals surface area contributed by atoms with Crippen molar-refractivity contribution >= 4 is 16.0 Å². The van der Waals surface area contributed by atoms with Gasteiger partial charge in [0.05, 0.1) is 11.0 Å². The van der Waals surface area contributed by atoms with Crippen LogP contribution < -0.4 is 4.72 Å². The van der Waals surface area contributed by atoms with Crippen LogP contribution in [0.25, 0.3) is 0 Å². The molecule has 1 aromatic carbocycles. The summed E-state index contributed by atoms with van der Waals surface area (Å²) in [5, 5.41) is 18.3. The Morgan fingerprint density at radius 1 is 1.24 bits per heavy atom. The molecular weight excluding hydrogens is 294 g/mol. The molecule has 2 rings (SSSR count). The highest BCUT2D eigenvalue weighted by molar-refractivity contribution is 7.89. The van der Waals surface area contributed by atoms with Crippen LogP contribution in [0.1, 0.15) is 30.9 Å². The number of hydrogen-bond donors (Lipinski definition) is 3. The van der Waals surface area contributed by atoms with Gasteiger partial charge in [-0.3, -0.25) is 4.79 Å². The van der Waals surface area contributed by atoms with Crippen LogP contribution in [0.3, 0.4) is 0 Å². The number of carboxylic acid groups (broad SMARTS) is 1. The van der Waals surface area contributed by atoms with Crippen molar-refractivity contribution in [2.24, 2.45) is 0 Å². The van der Waals surface area contributed by atoms with Gasteiger partial charge in [-0.25, -0.2) is 8.42 Å². The molecule has 7 heteroatoms. The first-order valence-electron chi connectivity index (χ1n) is 6.86. The van der Waals surface area contributed by atoms with Crippen molar-refractivity contribution in [3.05, 3.63) is 29.3 Å². The SMILES string of the molecule is C[C@H](O)[C@H](NS(=O)(=O)c1ccc2c(c1)CCCC2)C(=O)O. The summed E-state index contributed by atoms with van der Waals surface area (Å²) in [5.41, 5.74) is 2.14. The van der Waals surface area contributed by atoms with E-state index < -0.39 is 28.1 Å². The van der Waals surface area contributed by atoms with E-state index in [0.29, 0.717) is 0 Å². The van der Waals surface area contributed by atoms with Crippen LogP contribution in [-0.2, 0) is 27.7 Å². The minimum Gasteiger partial charge on any atom is -0.480 e. The second kappa shape index (κ2) is 6.13. The maximum atomic E-state index is 12.3. The molecule has 0 heterocycles. The molecule has 0 bridgehead atoms. The van der Waals surface area contributed by atoms with Gasteiger partial charge in [0.2, 0.25) is 10.0 Å². The number of fused-ring (bicyclic) bond motifs is 1. The van der Waals surface area contributed by atoms with Gasteiger partial charge in [0.25, 0.3) is 0 Å². The summed E-state index contributed by atoms with van der Waals surface area (Å²) in [5.74, 6) is -1.41. The van der Waals surface area contributed by atoms with Crippen molar-refractivity contribution in [1.29, 1.82) is 0 Å². The van der Waals surface area contributed by atoms with Crippen molar-refractivity contribution in [3.63, 3.8) is 0 Å². The molecule has 1 aromatic rings. The first kappa shape index (κ1) is 15.9. The van der Waals surface area contributed by atoms with E-state index in [1.54, 1.807) is 12.1 Å². The molecule has 0 saturated carbocycles. The van der Waals surface area contributed by atoms with Crippen LogP contribution in [0, 0.1) is 0 Å². The van der Waals surface area contributed by atoms with Gasteiger partial charge in [0.1, 0.15) is 6.04 Å². The fourth-order valence-corrected chi connectivity index (χ4v) is 3.78. The van der Waals surface area contributed by atoms with Gasteiger partial charge in [-0.05, 0) is 55.9 Å². The van der Waals surface area contributed by atoms with Crippen LogP contribution in [0.5, 0.6) is 0 Å². The van der Waals surface area contributed by atoms with Crippen molar-refractivity contribution in [3.8, 4) is 0 Å². The Labute approximate surface area is 123 Å². The van der Waals surface area contributed by atoms with E-state index >= 15 is 0 Å². The Morgan fingerprint density at radius 3 is 2.43 bits per heavy atom. The first-order valence-corrected chi connectivity index (χ1v) is 8.34. The average Bonchev–Trinajstić information content (AvgIpc) is 2.43. The van der Waals surface area contributed by atoms with Gasteiger partial charge in [-0.2, -0.15) is 4.72 Å². The number of hydrogen-bond acceptors (Lipinski definition) is 4. The van der Waals surface area contributed by atoms with Gasteiger partial charge in [-0.1, -0.05) is 6.07 Å². The maximum Gasteiger partial charge on any atom is 0.324 e. The van der Waals surface area contributed by atoms with E-state index in [1.165, 1.54) is 13.0 Å². The average molecular weight is 313 g/mol. The molecule has 1 aliphatic carbocycles. The standard InChI is InChI=1S/C14H19NO5S/c1-9(16)13(14(17)18)15-21(19,20)12-7-6-10-4-2-3-5-11(10)8-12/h6-9,13,15-16H,2-5H2,1H3,(H,17,18)/t9-,13-/m0/s1. The monoisotopic (exact) mass is 313 g/mol. The van der Waals surface area contributed by atoms with Crippen LogP contribution >= 0.6 is 0 Å². The number of carboxylic acids is 1. The smallest absolute Gasteiger partial charge is 0.324 e. The number of aryl methyl sites for hydroxylation is 2. The fourth-order valence-electron chi connectivity index (χ4n) is 2.47. The van der Waals surface area contributed by atoms with E-state index in [1.807, 2.05) is 4.72 Å². The van der Waals surface area contributed by atoms with Gasteiger partial charge < -0.3 is 10.2 Å². The number of aliphatic hydroxyl groups excluding tert-OH is 1. The van der Waals surface area contributed by atoms with E-state index in [-0.39, 0.29) is 4.90 Å². The largest absolute Gasteiger partial charge is 0.480 e. The van der Waals surface area contributed by atoms with Crippen molar-refractivity contribution < 1.29 is 23.4 Å². The molecular formula is C14H19NO5S. The zero-order chi connectivity index (χ0) is 15.6. The quantitative estimate of drug-likeness (QED) is 0.741. The second-order valence-corrected chi connectivity index (χ2v) is 7.03. The Kier molecular flexibility index (Phi) is 4.65. The first-order chi connectivity index (χ1) is 9.81. The molecule has 0 radical (unpaired) electrons. The second-order valence-electron chi connectivity index (χ2n) is 5.32. The molecule has 0 aromatic heterocycles. The molecule has 116 valence electrons. The van der Waals surface area contributed by atoms with Crippen LogP contribution in [0.15, 0.2) is 23.1 Å². The minimum absolute atomic E-state index is 0.0371. The Bertz CT molecular complexity index is 639. The number of sulfonamides is 1. The zero-order valence-electron chi connectivity index (χ0n) is 11.7. The minimum atomic E-state index is -3.97. The molecule has 0 fully saturated rings. The Balaban J connectivity index is 2.29. The van der Waals surface area contributed by atoms with Gasteiger partial charge in [0, 0.05) is 0 Å². The summed E-state index contributed by atoms with van der Waals surface area (Å²) in [7, 11) is -3.97. The highest BCUT2D eigenvalue weighted by Crippen LogP contribution is 2.24. The molecule has 1 aliphatic rings. The van der Waals surface area contributed by atoms with Gasteiger partial charge in [0.15, 0.2) is 0 Å². The molecule has 0 spiro atoms. The highest BCUT2D eigenvalue weighted by atomic mass is 32.2. The summed E-state index contributed by atoms with van der Waals surface area (Å²) in [4.78, 5) is 11.0. The maximum absolute atomic E-state index is 12.3. The number of benzene rings is 1. The van der Waals surface area contributed by atoms with Gasteiger partial charge in [-0.15, -0.1) is 0 Å². The topological polar surface area (TPSA) is 104 Å². The normalized spacial score (nSPS) is 17.8. The molecule has 2 atom stereocenters.